The second-order valence-electron chi connectivity index (χ2n) is 7.25. The van der Waals surface area contributed by atoms with Crippen LogP contribution in [-0.4, -0.2) is 60.8 Å². The van der Waals surface area contributed by atoms with E-state index in [4.69, 9.17) is 9.47 Å². The molecular weight excluding hydrogens is 495 g/mol. The predicted molar refractivity (Wildman–Crippen MR) is 115 cm³/mol. The second-order valence-corrected chi connectivity index (χ2v) is 8.33. The van der Waals surface area contributed by atoms with Crippen molar-refractivity contribution < 1.29 is 24.8 Å². The first kappa shape index (κ1) is 24.5. The maximum atomic E-state index is 12.3. The Morgan fingerprint density at radius 1 is 1.10 bits per heavy atom. The molecule has 4 atom stereocenters. The Balaban J connectivity index is 1.94. The van der Waals surface area contributed by atoms with Gasteiger partial charge in [-0.2, -0.15) is 0 Å². The van der Waals surface area contributed by atoms with Crippen molar-refractivity contribution in [3.63, 3.8) is 0 Å². The van der Waals surface area contributed by atoms with Crippen LogP contribution in [0.3, 0.4) is 0 Å². The van der Waals surface area contributed by atoms with E-state index in [2.05, 4.69) is 27.6 Å². The molecule has 166 valence electrons. The Morgan fingerprint density at radius 3 is 2.28 bits per heavy atom. The third-order valence-corrected chi connectivity index (χ3v) is 5.84. The van der Waals surface area contributed by atoms with Gasteiger partial charge in [0.1, 0.15) is 12.2 Å². The summed E-state index contributed by atoms with van der Waals surface area (Å²) in [6, 6.07) is 1.10. The van der Waals surface area contributed by atoms with E-state index in [0.717, 1.165) is 36.1 Å². The summed E-state index contributed by atoms with van der Waals surface area (Å²) in [7, 11) is 0. The number of halogens is 1. The predicted octanol–water partition coefficient (Wildman–Crippen LogP) is 0.832. The first-order valence-corrected chi connectivity index (χ1v) is 11.7. The number of aliphatic hydroxyl groups excluding tert-OH is 3. The molecule has 4 N–H and O–H groups in total. The molecule has 0 radical (unpaired) electrons. The third-order valence-electron chi connectivity index (χ3n) is 5.07. The number of aliphatic hydroxyl groups is 3. The minimum absolute atomic E-state index is 0.183. The van der Waals surface area contributed by atoms with Crippen LogP contribution in [0, 0.1) is 0 Å². The van der Waals surface area contributed by atoms with E-state index < -0.39 is 42.1 Å². The second kappa shape index (κ2) is 12.2. The largest absolute Gasteiger partial charge is 0.394 e. The summed E-state index contributed by atoms with van der Waals surface area (Å²) in [4.78, 5) is 25.7. The average Bonchev–Trinajstić information content (AvgIpc) is 2.95. The first-order chi connectivity index (χ1) is 14.0. The van der Waals surface area contributed by atoms with Gasteiger partial charge in [0.25, 0.3) is 11.5 Å². The van der Waals surface area contributed by atoms with Crippen LogP contribution in [0.1, 0.15) is 51.4 Å². The molecule has 1 aliphatic rings. The Bertz CT molecular complexity index is 725. The highest BCUT2D eigenvalue weighted by Gasteiger charge is 2.57. The molecule has 0 amide bonds. The number of aromatic nitrogens is 2. The van der Waals surface area contributed by atoms with E-state index in [0.29, 0.717) is 6.42 Å². The molecule has 29 heavy (non-hydrogen) atoms. The van der Waals surface area contributed by atoms with E-state index in [1.54, 1.807) is 0 Å². The molecular formula is C19H31IN2O7. The highest BCUT2D eigenvalue weighted by atomic mass is 127. The standard InChI is InChI=1S/C19H31IN2O7/c20-10-7-5-3-1-2-4-6-8-12-28-19(17(26)16(25)14(13-23)29-19)22-11-9-15(24)21-18(22)27/h9,11,14,16-17,23,25-26H,1-8,10,12-13H2,(H,21,24,27)/t14-,16-,17-,19-/m1/s1. The van der Waals surface area contributed by atoms with E-state index in [1.165, 1.54) is 30.1 Å². The zero-order valence-electron chi connectivity index (χ0n) is 16.5. The normalized spacial score (nSPS) is 26.8. The van der Waals surface area contributed by atoms with Gasteiger partial charge in [0.2, 0.25) is 0 Å². The molecule has 1 aliphatic heterocycles. The molecule has 10 heteroatoms. The van der Waals surface area contributed by atoms with Crippen LogP contribution < -0.4 is 11.2 Å². The maximum absolute atomic E-state index is 12.3. The van der Waals surface area contributed by atoms with E-state index >= 15 is 0 Å². The van der Waals surface area contributed by atoms with Gasteiger partial charge in [-0.15, -0.1) is 0 Å². The summed E-state index contributed by atoms with van der Waals surface area (Å²) in [6.07, 6.45) is 5.78. The number of rotatable bonds is 13. The topological polar surface area (TPSA) is 134 Å². The number of ether oxygens (including phenoxy) is 2. The van der Waals surface area contributed by atoms with Crippen LogP contribution in [0.4, 0.5) is 0 Å². The van der Waals surface area contributed by atoms with Crippen molar-refractivity contribution in [1.29, 1.82) is 0 Å². The molecule has 0 spiro atoms. The lowest BCUT2D eigenvalue weighted by Gasteiger charge is -2.33. The number of alkyl halides is 1. The van der Waals surface area contributed by atoms with Crippen molar-refractivity contribution >= 4 is 22.6 Å². The molecule has 0 unspecified atom stereocenters. The average molecular weight is 526 g/mol. The number of hydrogen-bond acceptors (Lipinski definition) is 7. The molecule has 9 nitrogen and oxygen atoms in total. The summed E-state index contributed by atoms with van der Waals surface area (Å²) < 4.78 is 13.5. The molecule has 0 bridgehead atoms. The SMILES string of the molecule is O=c1ccn([C@]2(OCCCCCCCCCCI)O[C@H](CO)[C@@H](O)[C@H]2O)c(=O)[nH]1. The van der Waals surface area contributed by atoms with Gasteiger partial charge in [-0.05, 0) is 17.3 Å². The number of nitrogens with zero attached hydrogens (tertiary/aromatic N) is 1. The minimum atomic E-state index is -2.01. The van der Waals surface area contributed by atoms with E-state index in [-0.39, 0.29) is 6.61 Å². The molecule has 0 aliphatic carbocycles. The molecule has 2 heterocycles. The summed E-state index contributed by atoms with van der Waals surface area (Å²) in [5, 5.41) is 30.1. The number of aromatic amines is 1. The van der Waals surface area contributed by atoms with Crippen molar-refractivity contribution in [2.24, 2.45) is 0 Å². The lowest BCUT2D eigenvalue weighted by molar-refractivity contribution is -0.318. The van der Waals surface area contributed by atoms with Gasteiger partial charge in [0, 0.05) is 12.3 Å². The van der Waals surface area contributed by atoms with Gasteiger partial charge in [0.15, 0.2) is 6.10 Å². The number of unbranched alkanes of at least 4 members (excludes halogenated alkanes) is 7. The minimum Gasteiger partial charge on any atom is -0.394 e. The number of nitrogens with one attached hydrogen (secondary N) is 1. The van der Waals surface area contributed by atoms with Crippen molar-refractivity contribution in [3.8, 4) is 0 Å². The maximum Gasteiger partial charge on any atom is 0.332 e. The van der Waals surface area contributed by atoms with Crippen molar-refractivity contribution in [2.45, 2.75) is 75.6 Å². The Hall–Kier alpha value is -0.790. The van der Waals surface area contributed by atoms with Crippen LogP contribution in [0.2, 0.25) is 0 Å². The van der Waals surface area contributed by atoms with Crippen molar-refractivity contribution in [2.75, 3.05) is 17.6 Å². The molecule has 2 rings (SSSR count). The zero-order valence-corrected chi connectivity index (χ0v) is 18.6. The van der Waals surface area contributed by atoms with Gasteiger partial charge in [-0.3, -0.25) is 9.78 Å². The fourth-order valence-electron chi connectivity index (χ4n) is 3.45. The molecule has 1 aromatic rings. The fourth-order valence-corrected chi connectivity index (χ4v) is 3.99. The molecule has 1 saturated heterocycles. The van der Waals surface area contributed by atoms with Gasteiger partial charge >= 0.3 is 5.69 Å². The van der Waals surface area contributed by atoms with E-state index in [9.17, 15) is 24.9 Å². The Kier molecular flexibility index (Phi) is 10.3. The zero-order chi connectivity index (χ0) is 21.3. The lowest BCUT2D eigenvalue weighted by atomic mass is 10.1. The van der Waals surface area contributed by atoms with Gasteiger partial charge in [-0.25, -0.2) is 9.36 Å². The monoisotopic (exact) mass is 526 g/mol. The van der Waals surface area contributed by atoms with Crippen LogP contribution in [0.15, 0.2) is 21.9 Å². The quantitative estimate of drug-likeness (QED) is 0.170. The first-order valence-electron chi connectivity index (χ1n) is 10.1. The fraction of sp³-hybridized carbons (Fsp3) is 0.789. The van der Waals surface area contributed by atoms with Crippen LogP contribution in [-0.2, 0) is 15.4 Å². The summed E-state index contributed by atoms with van der Waals surface area (Å²) in [5.74, 6) is -2.01. The number of H-pyrrole nitrogens is 1. The van der Waals surface area contributed by atoms with Gasteiger partial charge in [0.05, 0.1) is 13.2 Å². The van der Waals surface area contributed by atoms with Gasteiger partial charge in [-0.1, -0.05) is 61.1 Å². The molecule has 0 saturated carbocycles. The summed E-state index contributed by atoms with van der Waals surface area (Å²) in [6.45, 7) is -0.374. The van der Waals surface area contributed by atoms with Crippen LogP contribution in [0.5, 0.6) is 0 Å². The smallest absolute Gasteiger partial charge is 0.332 e. The lowest BCUT2D eigenvalue weighted by Crippen LogP contribution is -2.53. The third kappa shape index (κ3) is 6.34. The molecule has 1 aromatic heterocycles. The molecule has 1 fully saturated rings. The van der Waals surface area contributed by atoms with Crippen LogP contribution in [0.25, 0.3) is 0 Å². The van der Waals surface area contributed by atoms with Crippen LogP contribution >= 0.6 is 22.6 Å². The number of hydrogen-bond donors (Lipinski definition) is 4. The summed E-state index contributed by atoms with van der Waals surface area (Å²) >= 11 is 2.39. The Labute approximate surface area is 183 Å². The summed E-state index contributed by atoms with van der Waals surface area (Å²) in [5.41, 5.74) is -1.44. The highest BCUT2D eigenvalue weighted by Crippen LogP contribution is 2.36. The Morgan fingerprint density at radius 2 is 1.72 bits per heavy atom. The van der Waals surface area contributed by atoms with E-state index in [1.807, 2.05) is 0 Å². The molecule has 0 aromatic carbocycles. The van der Waals surface area contributed by atoms with Gasteiger partial charge < -0.3 is 24.8 Å². The van der Waals surface area contributed by atoms with Crippen molar-refractivity contribution in [1.82, 2.24) is 9.55 Å². The highest BCUT2D eigenvalue weighted by molar-refractivity contribution is 14.1. The van der Waals surface area contributed by atoms with Crippen molar-refractivity contribution in [3.05, 3.63) is 33.1 Å².